The molecule has 0 bridgehead atoms. The monoisotopic (exact) mass is 371 g/mol. The Labute approximate surface area is 115 Å². The van der Waals surface area contributed by atoms with Crippen LogP contribution in [0.5, 0.6) is 0 Å². The van der Waals surface area contributed by atoms with E-state index < -0.39 is 31.3 Å². The summed E-state index contributed by atoms with van der Waals surface area (Å²) in [6, 6.07) is 0. The van der Waals surface area contributed by atoms with Gasteiger partial charge in [0.2, 0.25) is 0 Å². The van der Waals surface area contributed by atoms with Crippen molar-refractivity contribution in [3.05, 3.63) is 0 Å². The summed E-state index contributed by atoms with van der Waals surface area (Å²) in [6.45, 7) is 2.50. The maximum absolute atomic E-state index is 10.7. The van der Waals surface area contributed by atoms with Crippen molar-refractivity contribution >= 4 is 20.2 Å². The molecule has 0 aliphatic carbocycles. The van der Waals surface area contributed by atoms with Gasteiger partial charge >= 0.3 is 31.3 Å². The third-order valence-corrected chi connectivity index (χ3v) is 2.71. The summed E-state index contributed by atoms with van der Waals surface area (Å²) in [6.07, 6.45) is 2.78. The van der Waals surface area contributed by atoms with Crippen LogP contribution in [0.15, 0.2) is 0 Å². The standard InChI is InChI=1S/C4H9N.2CHF3O3S/c1-2-4-5-3-1;2*2-1(3,4)8(5,6)7/h5H,1-4H2;2*(H,5,6,7). The first-order chi connectivity index (χ1) is 9.00. The van der Waals surface area contributed by atoms with Gasteiger partial charge in [-0.1, -0.05) is 0 Å². The summed E-state index contributed by atoms with van der Waals surface area (Å²) >= 11 is 0. The van der Waals surface area contributed by atoms with E-state index in [1.54, 1.807) is 0 Å². The van der Waals surface area contributed by atoms with E-state index in [1.807, 2.05) is 0 Å². The molecule has 130 valence electrons. The molecule has 3 N–H and O–H groups in total. The molecular weight excluding hydrogens is 360 g/mol. The van der Waals surface area contributed by atoms with Crippen molar-refractivity contribution in [2.75, 3.05) is 13.1 Å². The van der Waals surface area contributed by atoms with Crippen molar-refractivity contribution in [3.63, 3.8) is 0 Å². The average Bonchev–Trinajstić information content (AvgIpc) is 2.68. The molecule has 0 atom stereocenters. The van der Waals surface area contributed by atoms with E-state index in [2.05, 4.69) is 5.32 Å². The van der Waals surface area contributed by atoms with Crippen LogP contribution in [0, 0.1) is 0 Å². The molecule has 0 radical (unpaired) electrons. The van der Waals surface area contributed by atoms with Gasteiger partial charge in [-0.05, 0) is 25.9 Å². The molecule has 7 nitrogen and oxygen atoms in total. The molecule has 1 aliphatic heterocycles. The van der Waals surface area contributed by atoms with E-state index in [0.717, 1.165) is 0 Å². The van der Waals surface area contributed by atoms with Crippen LogP contribution in [-0.2, 0) is 20.2 Å². The summed E-state index contributed by atoms with van der Waals surface area (Å²) in [5, 5.41) is 3.22. The van der Waals surface area contributed by atoms with Crippen LogP contribution in [-0.4, -0.2) is 50.0 Å². The third kappa shape index (κ3) is 11.7. The fourth-order valence-electron chi connectivity index (χ4n) is 0.625. The van der Waals surface area contributed by atoms with Gasteiger partial charge in [-0.2, -0.15) is 43.2 Å². The molecule has 0 unspecified atom stereocenters. The van der Waals surface area contributed by atoms with E-state index in [1.165, 1.54) is 25.9 Å². The molecule has 1 rings (SSSR count). The maximum Gasteiger partial charge on any atom is 0.522 e. The van der Waals surface area contributed by atoms with Crippen molar-refractivity contribution in [1.82, 2.24) is 5.32 Å². The van der Waals surface area contributed by atoms with E-state index in [9.17, 15) is 26.3 Å². The van der Waals surface area contributed by atoms with Crippen LogP contribution in [0.1, 0.15) is 12.8 Å². The first kappa shape index (κ1) is 22.6. The molecule has 0 spiro atoms. The fourth-order valence-corrected chi connectivity index (χ4v) is 0.625. The van der Waals surface area contributed by atoms with Gasteiger partial charge in [0, 0.05) is 0 Å². The quantitative estimate of drug-likeness (QED) is 0.332. The zero-order chi connectivity index (χ0) is 17.5. The van der Waals surface area contributed by atoms with Crippen LogP contribution in [0.3, 0.4) is 0 Å². The van der Waals surface area contributed by atoms with Gasteiger partial charge in [-0.25, -0.2) is 0 Å². The second kappa shape index (κ2) is 8.11. The van der Waals surface area contributed by atoms with Crippen LogP contribution >= 0.6 is 0 Å². The highest BCUT2D eigenvalue weighted by molar-refractivity contribution is 7.86. The third-order valence-electron chi connectivity index (χ3n) is 1.54. The summed E-state index contributed by atoms with van der Waals surface area (Å²) < 4.78 is 115. The van der Waals surface area contributed by atoms with Crippen molar-refractivity contribution in [1.29, 1.82) is 0 Å². The molecule has 0 aromatic heterocycles. The molecule has 0 aromatic rings. The molecule has 1 saturated heterocycles. The van der Waals surface area contributed by atoms with Crippen LogP contribution in [0.25, 0.3) is 0 Å². The summed E-state index contributed by atoms with van der Waals surface area (Å²) in [5.41, 5.74) is -11.1. The Hall–Kier alpha value is -0.640. The average molecular weight is 371 g/mol. The summed E-state index contributed by atoms with van der Waals surface area (Å²) in [7, 11) is -11.7. The SMILES string of the molecule is C1CCNC1.O=S(=O)(O)C(F)(F)F.O=S(=O)(O)C(F)(F)F. The van der Waals surface area contributed by atoms with Gasteiger partial charge < -0.3 is 5.32 Å². The normalized spacial score (nSPS) is 16.4. The van der Waals surface area contributed by atoms with Gasteiger partial charge in [-0.15, -0.1) is 0 Å². The van der Waals surface area contributed by atoms with E-state index in [0.29, 0.717) is 0 Å². The number of halogens is 6. The molecule has 0 saturated carbocycles. The Morgan fingerprint density at radius 3 is 0.952 bits per heavy atom. The first-order valence-corrected chi connectivity index (χ1v) is 7.66. The number of rotatable bonds is 0. The molecule has 1 fully saturated rings. The van der Waals surface area contributed by atoms with Gasteiger partial charge in [0.15, 0.2) is 0 Å². The smallest absolute Gasteiger partial charge is 0.317 e. The van der Waals surface area contributed by atoms with Gasteiger partial charge in [0.25, 0.3) is 0 Å². The van der Waals surface area contributed by atoms with Crippen molar-refractivity contribution in [2.24, 2.45) is 0 Å². The van der Waals surface area contributed by atoms with E-state index in [-0.39, 0.29) is 0 Å². The Morgan fingerprint density at radius 1 is 0.714 bits per heavy atom. The lowest BCUT2D eigenvalue weighted by Crippen LogP contribution is -2.21. The summed E-state index contributed by atoms with van der Waals surface area (Å²) in [4.78, 5) is 0. The van der Waals surface area contributed by atoms with E-state index in [4.69, 9.17) is 25.9 Å². The lowest BCUT2D eigenvalue weighted by molar-refractivity contribution is -0.0514. The van der Waals surface area contributed by atoms with Crippen molar-refractivity contribution in [2.45, 2.75) is 23.9 Å². The molecule has 0 aromatic carbocycles. The number of nitrogens with one attached hydrogen (secondary N) is 1. The largest absolute Gasteiger partial charge is 0.522 e. The highest BCUT2D eigenvalue weighted by Gasteiger charge is 2.45. The predicted octanol–water partition coefficient (Wildman–Crippen LogP) is 1.16. The number of hydrogen-bond acceptors (Lipinski definition) is 5. The lowest BCUT2D eigenvalue weighted by atomic mass is 10.4. The molecule has 15 heteroatoms. The minimum absolute atomic E-state index is 1.25. The topological polar surface area (TPSA) is 121 Å². The minimum atomic E-state index is -5.84. The predicted molar refractivity (Wildman–Crippen MR) is 57.3 cm³/mol. The Bertz CT molecular complexity index is 441. The van der Waals surface area contributed by atoms with Crippen molar-refractivity contribution < 1.29 is 52.3 Å². The molecule has 1 aliphatic rings. The second-order valence-corrected chi connectivity index (χ2v) is 6.12. The molecular formula is C6H11F6NO6S2. The Morgan fingerprint density at radius 2 is 0.905 bits per heavy atom. The van der Waals surface area contributed by atoms with Gasteiger partial charge in [-0.3, -0.25) is 9.11 Å². The Balaban J connectivity index is 0. The zero-order valence-electron chi connectivity index (χ0n) is 9.94. The van der Waals surface area contributed by atoms with Crippen molar-refractivity contribution in [3.8, 4) is 0 Å². The molecule has 0 amide bonds. The fraction of sp³-hybridized carbons (Fsp3) is 1.00. The van der Waals surface area contributed by atoms with Crippen LogP contribution < -0.4 is 5.32 Å². The minimum Gasteiger partial charge on any atom is -0.317 e. The molecule has 21 heavy (non-hydrogen) atoms. The summed E-state index contributed by atoms with van der Waals surface area (Å²) in [5.74, 6) is 0. The maximum atomic E-state index is 10.7. The lowest BCUT2D eigenvalue weighted by Gasteiger charge is -1.97. The van der Waals surface area contributed by atoms with Gasteiger partial charge in [0.1, 0.15) is 0 Å². The zero-order valence-corrected chi connectivity index (χ0v) is 11.6. The first-order valence-electron chi connectivity index (χ1n) is 4.78. The van der Waals surface area contributed by atoms with E-state index >= 15 is 0 Å². The number of hydrogen-bond donors (Lipinski definition) is 3. The Kier molecular flexibility index (Phi) is 8.75. The highest BCUT2D eigenvalue weighted by Crippen LogP contribution is 2.21. The van der Waals surface area contributed by atoms with Crippen LogP contribution in [0.4, 0.5) is 26.3 Å². The number of alkyl halides is 6. The van der Waals surface area contributed by atoms with Gasteiger partial charge in [0.05, 0.1) is 0 Å². The second-order valence-electron chi connectivity index (χ2n) is 3.30. The highest BCUT2D eigenvalue weighted by atomic mass is 32.2. The van der Waals surface area contributed by atoms with Crippen LogP contribution in [0.2, 0.25) is 0 Å². The molecule has 1 heterocycles.